The average Bonchev–Trinajstić information content (AvgIpc) is 3.29. The lowest BCUT2D eigenvalue weighted by atomic mass is 9.80. The van der Waals surface area contributed by atoms with E-state index in [2.05, 4.69) is 35.7 Å². The first-order valence-corrected chi connectivity index (χ1v) is 18.5. The fraction of sp³-hybridized carbons (Fsp3) is 0.676. The van der Waals surface area contributed by atoms with Gasteiger partial charge in [-0.25, -0.2) is 17.8 Å². The van der Waals surface area contributed by atoms with Crippen LogP contribution >= 0.6 is 0 Å². The molecule has 10 nitrogen and oxygen atoms in total. The van der Waals surface area contributed by atoms with Gasteiger partial charge in [-0.1, -0.05) is 46.5 Å². The van der Waals surface area contributed by atoms with E-state index in [1.165, 1.54) is 6.42 Å². The van der Waals surface area contributed by atoms with Gasteiger partial charge in [0.2, 0.25) is 21.8 Å². The number of aryl methyl sites for hydroxylation is 1. The number of amides is 2. The predicted octanol–water partition coefficient (Wildman–Crippen LogP) is 4.61. The number of hydrogen-bond donors (Lipinski definition) is 2. The van der Waals surface area contributed by atoms with E-state index >= 15 is 0 Å². The maximum Gasteiger partial charge on any atom is 0.246 e. The number of piperazine rings is 1. The van der Waals surface area contributed by atoms with E-state index in [-0.39, 0.29) is 22.8 Å². The molecule has 11 heteroatoms. The number of carbonyl (C=O) groups excluding carboxylic acids is 2. The van der Waals surface area contributed by atoms with Gasteiger partial charge in [-0.05, 0) is 82.6 Å². The molecular formula is C34H52N6O4S. The van der Waals surface area contributed by atoms with Crippen LogP contribution < -0.4 is 10.0 Å². The van der Waals surface area contributed by atoms with Gasteiger partial charge in [0.25, 0.3) is 0 Å². The van der Waals surface area contributed by atoms with Crippen LogP contribution in [0.1, 0.15) is 102 Å². The Balaban J connectivity index is 1.26. The summed E-state index contributed by atoms with van der Waals surface area (Å²) < 4.78 is 30.8. The van der Waals surface area contributed by atoms with E-state index in [9.17, 15) is 18.0 Å². The predicted molar refractivity (Wildman–Crippen MR) is 175 cm³/mol. The summed E-state index contributed by atoms with van der Waals surface area (Å²) >= 11 is 0. The number of nitrogens with zero attached hydrogens (tertiary/aromatic N) is 4. The van der Waals surface area contributed by atoms with E-state index in [4.69, 9.17) is 5.10 Å². The number of sulfonamides is 1. The van der Waals surface area contributed by atoms with Gasteiger partial charge in [-0.2, -0.15) is 5.10 Å². The van der Waals surface area contributed by atoms with Crippen molar-refractivity contribution in [3.05, 3.63) is 41.2 Å². The smallest absolute Gasteiger partial charge is 0.246 e. The fourth-order valence-corrected chi connectivity index (χ4v) is 8.68. The van der Waals surface area contributed by atoms with Gasteiger partial charge in [0.1, 0.15) is 11.6 Å². The van der Waals surface area contributed by atoms with Crippen LogP contribution in [0.15, 0.2) is 29.2 Å². The number of rotatable bonds is 11. The number of unbranched alkanes of at least 4 members (excludes halogenated alkanes) is 1. The topological polar surface area (TPSA) is 117 Å². The summed E-state index contributed by atoms with van der Waals surface area (Å²) in [6.45, 7) is 13.1. The standard InChI is InChI=1S/C34H52N6O4S/c1-6-7-19-39-32(41)31(22-24(2)3)35-33(42)34(39)17-20-38(21-18-34)23-30-25(4)36-40(26(30)5)28-13-15-29(16-14-28)45(43,44)37-27-11-9-8-10-12-27/h13-16,24,27,31,37H,6-12,17-23H2,1-5H3,(H,35,42). The Morgan fingerprint density at radius 1 is 1.04 bits per heavy atom. The Morgan fingerprint density at radius 3 is 2.33 bits per heavy atom. The molecule has 3 aliphatic rings. The minimum absolute atomic E-state index is 0.00286. The maximum atomic E-state index is 13.6. The Labute approximate surface area is 269 Å². The highest BCUT2D eigenvalue weighted by Crippen LogP contribution is 2.35. The minimum Gasteiger partial charge on any atom is -0.342 e. The van der Waals surface area contributed by atoms with Crippen molar-refractivity contribution in [2.45, 2.75) is 128 Å². The molecule has 1 unspecified atom stereocenters. The van der Waals surface area contributed by atoms with Crippen molar-refractivity contribution in [1.82, 2.24) is 29.6 Å². The van der Waals surface area contributed by atoms with Crippen LogP contribution in [0, 0.1) is 19.8 Å². The Bertz CT molecular complexity index is 1450. The third-order valence-electron chi connectivity index (χ3n) is 10.1. The van der Waals surface area contributed by atoms with E-state index in [0.29, 0.717) is 51.4 Å². The molecule has 1 aromatic heterocycles. The van der Waals surface area contributed by atoms with Gasteiger partial charge in [-0.3, -0.25) is 14.5 Å². The number of aromatic nitrogens is 2. The third-order valence-corrected chi connectivity index (χ3v) is 11.6. The largest absolute Gasteiger partial charge is 0.342 e. The lowest BCUT2D eigenvalue weighted by molar-refractivity contribution is -0.161. The minimum atomic E-state index is -3.57. The molecular weight excluding hydrogens is 588 g/mol. The average molecular weight is 641 g/mol. The van der Waals surface area contributed by atoms with Crippen LogP contribution in [0.5, 0.6) is 0 Å². The Hall–Kier alpha value is -2.76. The molecule has 2 aromatic rings. The molecule has 2 N–H and O–H groups in total. The van der Waals surface area contributed by atoms with Gasteiger partial charge in [0, 0.05) is 43.5 Å². The summed E-state index contributed by atoms with van der Waals surface area (Å²) in [6, 6.07) is 6.54. The zero-order valence-electron chi connectivity index (χ0n) is 27.8. The molecule has 2 amide bonds. The van der Waals surface area contributed by atoms with Crippen molar-refractivity contribution in [2.75, 3.05) is 19.6 Å². The number of piperidine rings is 1. The van der Waals surface area contributed by atoms with Crippen molar-refractivity contribution in [3.63, 3.8) is 0 Å². The molecule has 2 saturated heterocycles. The van der Waals surface area contributed by atoms with Crippen molar-refractivity contribution in [2.24, 2.45) is 5.92 Å². The summed E-state index contributed by atoms with van der Waals surface area (Å²) in [5, 5.41) is 7.92. The number of benzene rings is 1. The van der Waals surface area contributed by atoms with Crippen molar-refractivity contribution in [3.8, 4) is 5.69 Å². The first kappa shape index (κ1) is 33.6. The van der Waals surface area contributed by atoms with Crippen LogP contribution in [-0.4, -0.2) is 77.1 Å². The van der Waals surface area contributed by atoms with Crippen LogP contribution in [-0.2, 0) is 26.2 Å². The monoisotopic (exact) mass is 640 g/mol. The molecule has 1 saturated carbocycles. The van der Waals surface area contributed by atoms with Crippen molar-refractivity contribution in [1.29, 1.82) is 0 Å². The fourth-order valence-electron chi connectivity index (χ4n) is 7.38. The van der Waals surface area contributed by atoms with Crippen LogP contribution in [0.4, 0.5) is 0 Å². The molecule has 0 radical (unpaired) electrons. The molecule has 248 valence electrons. The first-order chi connectivity index (χ1) is 21.4. The van der Waals surface area contributed by atoms with E-state index in [1.54, 1.807) is 12.1 Å². The maximum absolute atomic E-state index is 13.6. The summed E-state index contributed by atoms with van der Waals surface area (Å²) in [5.41, 5.74) is 3.10. The highest BCUT2D eigenvalue weighted by molar-refractivity contribution is 7.89. The van der Waals surface area contributed by atoms with Crippen LogP contribution in [0.2, 0.25) is 0 Å². The molecule has 2 aliphatic heterocycles. The third kappa shape index (κ3) is 7.15. The summed E-state index contributed by atoms with van der Waals surface area (Å²) in [7, 11) is -3.57. The van der Waals surface area contributed by atoms with E-state index in [1.807, 2.05) is 35.6 Å². The molecule has 45 heavy (non-hydrogen) atoms. The molecule has 3 heterocycles. The quantitative estimate of drug-likeness (QED) is 0.371. The van der Waals surface area contributed by atoms with Gasteiger partial charge < -0.3 is 10.2 Å². The molecule has 3 fully saturated rings. The SMILES string of the molecule is CCCCN1C(=O)C(CC(C)C)NC(=O)C12CCN(Cc1c(C)nn(-c3ccc(S(=O)(=O)NC4CCCCC4)cc3)c1C)CC2. The second-order valence-corrected chi connectivity index (χ2v) is 15.5. The molecule has 5 rings (SSSR count). The second kappa shape index (κ2) is 13.9. The van der Waals surface area contributed by atoms with E-state index in [0.717, 1.165) is 61.2 Å². The summed E-state index contributed by atoms with van der Waals surface area (Å²) in [6.07, 6.45) is 8.83. The normalized spacial score (nSPS) is 21.6. The van der Waals surface area contributed by atoms with Crippen molar-refractivity contribution >= 4 is 21.8 Å². The molecule has 1 spiro atoms. The Morgan fingerprint density at radius 2 is 1.71 bits per heavy atom. The molecule has 1 atom stereocenters. The highest BCUT2D eigenvalue weighted by Gasteiger charge is 2.53. The number of nitrogens with one attached hydrogen (secondary N) is 2. The lowest BCUT2D eigenvalue weighted by Crippen LogP contribution is -2.73. The van der Waals surface area contributed by atoms with Crippen LogP contribution in [0.25, 0.3) is 5.69 Å². The van der Waals surface area contributed by atoms with Crippen molar-refractivity contribution < 1.29 is 18.0 Å². The summed E-state index contributed by atoms with van der Waals surface area (Å²) in [5.74, 6) is 0.398. The molecule has 1 aliphatic carbocycles. The zero-order chi connectivity index (χ0) is 32.4. The second-order valence-electron chi connectivity index (χ2n) is 13.8. The first-order valence-electron chi connectivity index (χ1n) is 17.0. The van der Waals surface area contributed by atoms with Gasteiger partial charge in [0.05, 0.1) is 16.3 Å². The number of carbonyl (C=O) groups is 2. The van der Waals surface area contributed by atoms with Gasteiger partial charge in [0.15, 0.2) is 0 Å². The van der Waals surface area contributed by atoms with Gasteiger partial charge in [-0.15, -0.1) is 0 Å². The number of hydrogen-bond acceptors (Lipinski definition) is 6. The van der Waals surface area contributed by atoms with E-state index < -0.39 is 21.6 Å². The summed E-state index contributed by atoms with van der Waals surface area (Å²) in [4.78, 5) is 31.8. The number of likely N-dealkylation sites (tertiary alicyclic amines) is 1. The van der Waals surface area contributed by atoms with Gasteiger partial charge >= 0.3 is 0 Å². The molecule has 1 aromatic carbocycles. The van der Waals surface area contributed by atoms with Crippen LogP contribution in [0.3, 0.4) is 0 Å². The highest BCUT2D eigenvalue weighted by atomic mass is 32.2. The molecule has 0 bridgehead atoms. The Kier molecular flexibility index (Phi) is 10.4. The lowest BCUT2D eigenvalue weighted by Gasteiger charge is -2.52. The zero-order valence-corrected chi connectivity index (χ0v) is 28.6.